The first-order valence-corrected chi connectivity index (χ1v) is 16.5. The molecule has 10 heteroatoms. The molecular weight excluding hydrogens is 592 g/mol. The average molecular weight is 643 g/mol. The van der Waals surface area contributed by atoms with Crippen LogP contribution in [0.15, 0.2) is 72.8 Å². The monoisotopic (exact) mass is 642 g/mol. The van der Waals surface area contributed by atoms with Crippen LogP contribution in [0.25, 0.3) is 22.1 Å². The topological polar surface area (TPSA) is 114 Å². The van der Waals surface area contributed by atoms with Crippen molar-refractivity contribution in [1.82, 2.24) is 30.0 Å². The summed E-state index contributed by atoms with van der Waals surface area (Å²) in [5.74, 6) is -0.944. The van der Waals surface area contributed by atoms with Gasteiger partial charge in [0.1, 0.15) is 46.4 Å². The lowest BCUT2D eigenvalue weighted by Crippen LogP contribution is -2.49. The summed E-state index contributed by atoms with van der Waals surface area (Å²) in [7, 11) is 0. The van der Waals surface area contributed by atoms with E-state index in [-0.39, 0.29) is 12.1 Å². The molecule has 0 radical (unpaired) electrons. The molecule has 2 aromatic heterocycles. The fraction of sp³-hybridized carbons (Fsp3) is 0.514. The Balaban J connectivity index is 1.80. The van der Waals surface area contributed by atoms with Crippen molar-refractivity contribution in [2.45, 2.75) is 112 Å². The number of hydrogen-bond acceptors (Lipinski definition) is 8. The second-order valence-corrected chi connectivity index (χ2v) is 14.1. The zero-order chi connectivity index (χ0) is 34.5. The lowest BCUT2D eigenvalue weighted by molar-refractivity contribution is -0.165. The van der Waals surface area contributed by atoms with E-state index in [4.69, 9.17) is 29.9 Å². The number of ether oxygens (including phenoxy) is 2. The van der Waals surface area contributed by atoms with Crippen LogP contribution in [0.1, 0.15) is 99.6 Å². The molecule has 0 N–H and O–H groups in total. The van der Waals surface area contributed by atoms with Gasteiger partial charge in [0.05, 0.1) is 0 Å². The predicted octanol–water partition coefficient (Wildman–Crippen LogP) is 7.98. The number of aromatic nitrogens is 6. The third-order valence-corrected chi connectivity index (χ3v) is 8.68. The standard InChI is InChI=1S/C37H50N6O4/c1-11-17-30(42-38-26-19-13-14-20-27(26)39-42)32(46-34(44)24(3)4)36(7,8)23-37(9,10)33(47-35(45)25(5)6)31(18-12-2)43-40-28-21-15-16-22-29(28)41-43/h13-16,19-22,30-33H,3,5,11-12,17-18,23H2,1-2,4,6-10H3. The molecule has 0 fully saturated rings. The van der Waals surface area contributed by atoms with Gasteiger partial charge in [0, 0.05) is 22.0 Å². The summed E-state index contributed by atoms with van der Waals surface area (Å²) in [5, 5.41) is 19.3. The van der Waals surface area contributed by atoms with Crippen molar-refractivity contribution < 1.29 is 19.1 Å². The third-order valence-electron chi connectivity index (χ3n) is 8.68. The number of fused-ring (bicyclic) bond motifs is 2. The van der Waals surface area contributed by atoms with E-state index < -0.39 is 35.0 Å². The van der Waals surface area contributed by atoms with Crippen LogP contribution in [0.2, 0.25) is 0 Å². The van der Waals surface area contributed by atoms with E-state index >= 15 is 0 Å². The van der Waals surface area contributed by atoms with Gasteiger partial charge in [-0.2, -0.15) is 30.0 Å². The van der Waals surface area contributed by atoms with E-state index in [1.165, 1.54) is 0 Å². The average Bonchev–Trinajstić information content (AvgIpc) is 3.64. The van der Waals surface area contributed by atoms with Crippen LogP contribution in [0.5, 0.6) is 0 Å². The molecule has 252 valence electrons. The van der Waals surface area contributed by atoms with Crippen LogP contribution in [0.3, 0.4) is 0 Å². The number of carbonyl (C=O) groups excluding carboxylic acids is 2. The van der Waals surface area contributed by atoms with Gasteiger partial charge < -0.3 is 9.47 Å². The molecule has 4 aromatic rings. The SMILES string of the molecule is C=C(C)C(=O)OC(C(CCC)n1nc2ccccc2n1)C(C)(C)CC(C)(C)C(OC(=O)C(=C)C)C(CCC)n1nc2ccccc2n1. The van der Waals surface area contributed by atoms with Crippen LogP contribution in [-0.2, 0) is 19.1 Å². The Kier molecular flexibility index (Phi) is 11.0. The second kappa shape index (κ2) is 14.6. The van der Waals surface area contributed by atoms with Gasteiger partial charge in [-0.1, -0.05) is 91.8 Å². The van der Waals surface area contributed by atoms with Crippen molar-refractivity contribution >= 4 is 34.0 Å². The maximum Gasteiger partial charge on any atom is 0.333 e. The van der Waals surface area contributed by atoms with Gasteiger partial charge >= 0.3 is 11.9 Å². The maximum atomic E-state index is 13.2. The van der Waals surface area contributed by atoms with E-state index in [0.717, 1.165) is 34.9 Å². The molecule has 0 aliphatic rings. The Morgan fingerprint density at radius 1 is 0.660 bits per heavy atom. The normalized spacial score (nSPS) is 14.8. The highest BCUT2D eigenvalue weighted by atomic mass is 16.6. The minimum absolute atomic E-state index is 0.312. The molecular formula is C37H50N6O4. The Bertz CT molecular complexity index is 1540. The van der Waals surface area contributed by atoms with E-state index in [1.807, 2.05) is 48.5 Å². The van der Waals surface area contributed by atoms with Crippen molar-refractivity contribution in [1.29, 1.82) is 0 Å². The summed E-state index contributed by atoms with van der Waals surface area (Å²) in [5.41, 5.74) is 2.39. The van der Waals surface area contributed by atoms with Gasteiger partial charge in [0.25, 0.3) is 0 Å². The highest BCUT2D eigenvalue weighted by molar-refractivity contribution is 5.87. The molecule has 47 heavy (non-hydrogen) atoms. The Labute approximate surface area is 278 Å². The van der Waals surface area contributed by atoms with Gasteiger partial charge in [0.15, 0.2) is 0 Å². The largest absolute Gasteiger partial charge is 0.456 e. The van der Waals surface area contributed by atoms with Crippen LogP contribution in [0, 0.1) is 10.8 Å². The first kappa shape index (κ1) is 35.5. The molecule has 0 spiro atoms. The fourth-order valence-corrected chi connectivity index (χ4v) is 6.74. The minimum atomic E-state index is -0.652. The molecule has 4 rings (SSSR count). The molecule has 0 aliphatic carbocycles. The van der Waals surface area contributed by atoms with E-state index in [9.17, 15) is 9.59 Å². The number of rotatable bonds is 16. The number of esters is 2. The Morgan fingerprint density at radius 3 is 1.21 bits per heavy atom. The fourth-order valence-electron chi connectivity index (χ4n) is 6.74. The lowest BCUT2D eigenvalue weighted by atomic mass is 9.66. The van der Waals surface area contributed by atoms with Crippen LogP contribution < -0.4 is 0 Å². The first-order valence-electron chi connectivity index (χ1n) is 16.5. The summed E-state index contributed by atoms with van der Waals surface area (Å²) in [6.07, 6.45) is 2.22. The molecule has 0 bridgehead atoms. The number of carbonyl (C=O) groups is 2. The molecule has 0 saturated heterocycles. The summed E-state index contributed by atoms with van der Waals surface area (Å²) in [4.78, 5) is 29.9. The zero-order valence-electron chi connectivity index (χ0n) is 29.2. The molecule has 0 amide bonds. The van der Waals surface area contributed by atoms with Gasteiger partial charge in [-0.15, -0.1) is 0 Å². The third kappa shape index (κ3) is 8.15. The molecule has 2 aromatic carbocycles. The number of nitrogens with zero attached hydrogens (tertiary/aromatic N) is 6. The minimum Gasteiger partial charge on any atom is -0.456 e. The number of hydrogen-bond donors (Lipinski definition) is 0. The second-order valence-electron chi connectivity index (χ2n) is 14.1. The Morgan fingerprint density at radius 2 is 0.957 bits per heavy atom. The van der Waals surface area contributed by atoms with Crippen molar-refractivity contribution in [2.75, 3.05) is 0 Å². The highest BCUT2D eigenvalue weighted by Gasteiger charge is 2.49. The maximum absolute atomic E-state index is 13.2. The van der Waals surface area contributed by atoms with Crippen molar-refractivity contribution in [2.24, 2.45) is 10.8 Å². The summed E-state index contributed by atoms with van der Waals surface area (Å²) >= 11 is 0. The van der Waals surface area contributed by atoms with Gasteiger partial charge in [0.2, 0.25) is 0 Å². The van der Waals surface area contributed by atoms with E-state index in [2.05, 4.69) is 54.7 Å². The molecule has 4 atom stereocenters. The summed E-state index contributed by atoms with van der Waals surface area (Å²) in [6, 6.07) is 14.7. The quantitative estimate of drug-likeness (QED) is 0.0893. The molecule has 2 heterocycles. The number of benzene rings is 2. The first-order chi connectivity index (χ1) is 22.2. The van der Waals surface area contributed by atoms with Crippen LogP contribution in [-0.4, -0.2) is 54.1 Å². The zero-order valence-corrected chi connectivity index (χ0v) is 29.2. The van der Waals surface area contributed by atoms with E-state index in [1.54, 1.807) is 23.4 Å². The Hall–Kier alpha value is -4.34. The van der Waals surface area contributed by atoms with Gasteiger partial charge in [-0.25, -0.2) is 9.59 Å². The summed E-state index contributed by atoms with van der Waals surface area (Å²) < 4.78 is 12.7. The van der Waals surface area contributed by atoms with Crippen LogP contribution in [0.4, 0.5) is 0 Å². The van der Waals surface area contributed by atoms with E-state index in [0.29, 0.717) is 30.4 Å². The van der Waals surface area contributed by atoms with Crippen molar-refractivity contribution in [3.05, 3.63) is 72.8 Å². The van der Waals surface area contributed by atoms with Crippen molar-refractivity contribution in [3.8, 4) is 0 Å². The molecule has 0 aliphatic heterocycles. The molecule has 10 nitrogen and oxygen atoms in total. The molecule has 4 unspecified atom stereocenters. The molecule has 0 saturated carbocycles. The predicted molar refractivity (Wildman–Crippen MR) is 185 cm³/mol. The summed E-state index contributed by atoms with van der Waals surface area (Å²) in [6.45, 7) is 23.5. The van der Waals surface area contributed by atoms with Crippen LogP contribution >= 0.6 is 0 Å². The van der Waals surface area contributed by atoms with Crippen molar-refractivity contribution in [3.63, 3.8) is 0 Å². The smallest absolute Gasteiger partial charge is 0.333 e. The van der Waals surface area contributed by atoms with Gasteiger partial charge in [-0.05, 0) is 57.4 Å². The highest BCUT2D eigenvalue weighted by Crippen LogP contribution is 2.47. The van der Waals surface area contributed by atoms with Gasteiger partial charge in [-0.3, -0.25) is 0 Å². The lowest BCUT2D eigenvalue weighted by Gasteiger charge is -2.46.